The number of methoxy groups -OCH3 is 1. The highest BCUT2D eigenvalue weighted by molar-refractivity contribution is 7.90. The van der Waals surface area contributed by atoms with Crippen molar-refractivity contribution in [2.24, 2.45) is 0 Å². The number of fused-ring (bicyclic) bond motifs is 1. The van der Waals surface area contributed by atoms with Crippen molar-refractivity contribution < 1.29 is 32.8 Å². The summed E-state index contributed by atoms with van der Waals surface area (Å²) in [4.78, 5) is 9.83. The van der Waals surface area contributed by atoms with Crippen LogP contribution in [0.3, 0.4) is 0 Å². The molecule has 1 aliphatic rings. The van der Waals surface area contributed by atoms with Gasteiger partial charge in [-0.2, -0.15) is 0 Å². The Bertz CT molecular complexity index is 1710. The van der Waals surface area contributed by atoms with Crippen LogP contribution in [0, 0.1) is 13.8 Å². The van der Waals surface area contributed by atoms with Crippen LogP contribution in [-0.2, 0) is 42.8 Å². The molecule has 2 atom stereocenters. The lowest BCUT2D eigenvalue weighted by Crippen LogP contribution is -2.43. The zero-order chi connectivity index (χ0) is 36.1. The maximum atomic E-state index is 13.6. The van der Waals surface area contributed by atoms with Crippen molar-refractivity contribution in [2.75, 3.05) is 40.1 Å². The van der Waals surface area contributed by atoms with Gasteiger partial charge in [0.1, 0.15) is 40.5 Å². The van der Waals surface area contributed by atoms with Gasteiger partial charge in [-0.05, 0) is 59.2 Å². The van der Waals surface area contributed by atoms with Gasteiger partial charge in [0.2, 0.25) is 5.79 Å². The summed E-state index contributed by atoms with van der Waals surface area (Å²) in [5, 5.41) is 5.14. The van der Waals surface area contributed by atoms with E-state index in [1.165, 1.54) is 0 Å². The Morgan fingerprint density at radius 3 is 2.48 bits per heavy atom. The van der Waals surface area contributed by atoms with Crippen LogP contribution in [-0.4, -0.2) is 77.2 Å². The number of aryl methyl sites for hydroxylation is 2. The third kappa shape index (κ3) is 9.73. The minimum absolute atomic E-state index is 0.225. The molecular formula is C36H53N5O7SSi. The smallest absolute Gasteiger partial charge is 0.216 e. The van der Waals surface area contributed by atoms with Crippen LogP contribution in [0.5, 0.6) is 5.75 Å². The molecule has 14 heteroatoms. The zero-order valence-corrected chi connectivity index (χ0v) is 32.8. The predicted octanol–water partition coefficient (Wildman–Crippen LogP) is 6.81. The Morgan fingerprint density at radius 2 is 1.82 bits per heavy atom. The molecule has 4 heterocycles. The van der Waals surface area contributed by atoms with E-state index in [-0.39, 0.29) is 13.3 Å². The summed E-state index contributed by atoms with van der Waals surface area (Å²) < 4.78 is 54.0. The van der Waals surface area contributed by atoms with Gasteiger partial charge in [-0.1, -0.05) is 30.9 Å². The number of benzene rings is 1. The second kappa shape index (κ2) is 16.2. The lowest BCUT2D eigenvalue weighted by atomic mass is 10.1. The summed E-state index contributed by atoms with van der Waals surface area (Å²) in [6.07, 6.45) is 3.16. The van der Waals surface area contributed by atoms with Crippen LogP contribution < -0.4 is 9.46 Å². The normalized spacial score (nSPS) is 16.3. The van der Waals surface area contributed by atoms with Crippen LogP contribution in [0.1, 0.15) is 62.6 Å². The maximum Gasteiger partial charge on any atom is 0.216 e. The van der Waals surface area contributed by atoms with E-state index in [0.29, 0.717) is 68.0 Å². The number of nitrogens with one attached hydrogen (secondary N) is 1. The lowest BCUT2D eigenvalue weighted by molar-refractivity contribution is -0.177. The number of hydrogen-bond donors (Lipinski definition) is 1. The zero-order valence-electron chi connectivity index (χ0n) is 31.0. The first kappa shape index (κ1) is 38.4. The number of pyridine rings is 1. The highest BCUT2D eigenvalue weighted by Crippen LogP contribution is 2.37. The van der Waals surface area contributed by atoms with E-state index in [2.05, 4.69) is 46.6 Å². The van der Waals surface area contributed by atoms with E-state index >= 15 is 0 Å². The van der Waals surface area contributed by atoms with Crippen LogP contribution in [0.4, 0.5) is 0 Å². The van der Waals surface area contributed by atoms with Crippen molar-refractivity contribution in [3.8, 4) is 17.0 Å². The summed E-state index contributed by atoms with van der Waals surface area (Å²) in [5.74, 6) is 1.07. The Balaban J connectivity index is 1.41. The number of nitrogens with zero attached hydrogens (tertiary/aromatic N) is 4. The van der Waals surface area contributed by atoms with Gasteiger partial charge < -0.3 is 37.3 Å². The van der Waals surface area contributed by atoms with Crippen molar-refractivity contribution in [3.05, 3.63) is 59.5 Å². The molecule has 3 aromatic heterocycles. The summed E-state index contributed by atoms with van der Waals surface area (Å²) in [7, 11) is 0.354. The Kier molecular flexibility index (Phi) is 12.5. The van der Waals surface area contributed by atoms with Crippen molar-refractivity contribution in [2.45, 2.75) is 96.5 Å². The molecule has 1 saturated heterocycles. The van der Waals surface area contributed by atoms with Gasteiger partial charge in [-0.15, -0.1) is 4.72 Å². The fourth-order valence-electron chi connectivity index (χ4n) is 5.60. The number of imidazole rings is 1. The van der Waals surface area contributed by atoms with E-state index in [1.54, 1.807) is 7.11 Å². The van der Waals surface area contributed by atoms with Crippen LogP contribution >= 0.6 is 0 Å². The molecule has 1 aliphatic heterocycles. The minimum atomic E-state index is -1.41. The summed E-state index contributed by atoms with van der Waals surface area (Å²) in [5.41, 5.74) is 3.95. The third-order valence-electron chi connectivity index (χ3n) is 8.43. The van der Waals surface area contributed by atoms with Crippen LogP contribution in [0.2, 0.25) is 25.7 Å². The van der Waals surface area contributed by atoms with Crippen molar-refractivity contribution in [1.29, 1.82) is 0 Å². The maximum absolute atomic E-state index is 13.6. The first-order chi connectivity index (χ1) is 23.7. The van der Waals surface area contributed by atoms with Gasteiger partial charge in [0.15, 0.2) is 0 Å². The largest absolute Gasteiger partial charge is 0.598 e. The molecule has 1 N–H and O–H groups in total. The molecule has 50 heavy (non-hydrogen) atoms. The van der Waals surface area contributed by atoms with Crippen LogP contribution in [0.15, 0.2) is 41.1 Å². The Labute approximate surface area is 299 Å². The molecule has 5 rings (SSSR count). The van der Waals surface area contributed by atoms with Gasteiger partial charge in [-0.3, -0.25) is 4.98 Å². The van der Waals surface area contributed by atoms with E-state index in [1.807, 2.05) is 63.6 Å². The molecular weight excluding hydrogens is 675 g/mol. The molecule has 0 aliphatic carbocycles. The van der Waals surface area contributed by atoms with E-state index in [9.17, 15) is 4.55 Å². The van der Waals surface area contributed by atoms with Crippen molar-refractivity contribution >= 4 is 30.3 Å². The summed E-state index contributed by atoms with van der Waals surface area (Å²) in [6.45, 7) is 19.2. The quantitative estimate of drug-likeness (QED) is 0.0697. The highest BCUT2D eigenvalue weighted by atomic mass is 32.2. The lowest BCUT2D eigenvalue weighted by Gasteiger charge is -2.28. The molecule has 1 fully saturated rings. The summed E-state index contributed by atoms with van der Waals surface area (Å²) >= 11 is -1.41. The fourth-order valence-corrected chi connectivity index (χ4v) is 7.14. The molecule has 4 aromatic rings. The van der Waals surface area contributed by atoms with E-state index in [0.717, 1.165) is 28.2 Å². The average Bonchev–Trinajstić information content (AvgIpc) is 3.81. The molecule has 1 aromatic carbocycles. The first-order valence-electron chi connectivity index (χ1n) is 17.3. The summed E-state index contributed by atoms with van der Waals surface area (Å²) in [6, 6.07) is 10.4. The third-order valence-corrected chi connectivity index (χ3v) is 11.7. The molecule has 0 amide bonds. The van der Waals surface area contributed by atoms with Gasteiger partial charge in [0.05, 0.1) is 38.1 Å². The van der Waals surface area contributed by atoms with Gasteiger partial charge in [0, 0.05) is 74.0 Å². The monoisotopic (exact) mass is 727 g/mol. The van der Waals surface area contributed by atoms with Gasteiger partial charge >= 0.3 is 0 Å². The minimum Gasteiger partial charge on any atom is -0.598 e. The molecule has 0 radical (unpaired) electrons. The standard InChI is InChI=1S/C36H53N5O7SSi/c1-25-11-12-27-20-28(32(43-6)21-29(27)37-25)30-22-41(24-45-17-18-50(7,8)9)34(38-30)31(40-49(42)35(3,4)5)23-44-14-10-13-36(46-15-16-47-36)33-19-26(2)48-39-33/h11-12,19-22,31,40H,10,13-18,23-24H2,1-9H3. The highest BCUT2D eigenvalue weighted by Gasteiger charge is 2.41. The number of aromatic nitrogens is 4. The number of ether oxygens (including phenoxy) is 5. The topological polar surface area (TPSA) is 138 Å². The molecule has 0 saturated carbocycles. The second-order valence-corrected chi connectivity index (χ2v) is 22.6. The van der Waals surface area contributed by atoms with Crippen LogP contribution in [0.25, 0.3) is 22.2 Å². The van der Waals surface area contributed by atoms with Gasteiger partial charge in [-0.25, -0.2) is 4.98 Å². The van der Waals surface area contributed by atoms with E-state index in [4.69, 9.17) is 33.2 Å². The Hall–Kier alpha value is -2.82. The second-order valence-electron chi connectivity index (χ2n) is 15.0. The molecule has 0 bridgehead atoms. The molecule has 12 nitrogen and oxygen atoms in total. The van der Waals surface area contributed by atoms with Gasteiger partial charge in [0.25, 0.3) is 0 Å². The van der Waals surface area contributed by atoms with E-state index < -0.39 is 36.0 Å². The Morgan fingerprint density at radius 1 is 1.06 bits per heavy atom. The number of rotatable bonds is 17. The average molecular weight is 728 g/mol. The molecule has 274 valence electrons. The molecule has 0 spiro atoms. The SMILES string of the molecule is COc1cc2nc(C)ccc2cc1-c1cn(COCC[Si](C)(C)C)c(C(COCCCC2(c3cc(C)on3)OCCO2)N[S+]([O-])C(C)(C)C)n1. The fraction of sp³-hybridized carbons (Fsp3) is 0.583. The van der Waals surface area contributed by atoms with Crippen molar-refractivity contribution in [3.63, 3.8) is 0 Å². The predicted molar refractivity (Wildman–Crippen MR) is 197 cm³/mol. The molecule has 2 unspecified atom stereocenters. The number of hydrogen-bond acceptors (Lipinski definition) is 11. The first-order valence-corrected chi connectivity index (χ1v) is 22.1. The van der Waals surface area contributed by atoms with Crippen molar-refractivity contribution in [1.82, 2.24) is 24.4 Å².